The molecule has 2 aliphatic heterocycles. The molecule has 2 amide bonds. The van der Waals surface area contributed by atoms with Crippen molar-refractivity contribution in [3.05, 3.63) is 25.3 Å². The minimum atomic E-state index is -0.878. The molecule has 0 unspecified atom stereocenters. The first-order valence-electron chi connectivity index (χ1n) is 15.1. The molecule has 0 radical (unpaired) electrons. The maximum atomic E-state index is 12.4. The summed E-state index contributed by atoms with van der Waals surface area (Å²) >= 11 is 0. The molecular formula is C32H54K2N2O15. The number of hydrogen-bond donors (Lipinski definition) is 2. The zero-order chi connectivity index (χ0) is 38.7. The van der Waals surface area contributed by atoms with Gasteiger partial charge in [0.25, 0.3) is 6.47 Å². The van der Waals surface area contributed by atoms with Gasteiger partial charge < -0.3 is 45.5 Å². The van der Waals surface area contributed by atoms with Crippen molar-refractivity contribution in [2.24, 2.45) is 11.8 Å². The Morgan fingerprint density at radius 1 is 0.804 bits per heavy atom. The topological polar surface area (TPSA) is 228 Å². The molecule has 2 aliphatic rings. The molecule has 0 aliphatic carbocycles. The summed E-state index contributed by atoms with van der Waals surface area (Å²) in [5, 5.41) is 25.5. The Labute approximate surface area is 386 Å². The predicted molar refractivity (Wildman–Crippen MR) is 172 cm³/mol. The number of carbonyl (C=O) groups is 6. The van der Waals surface area contributed by atoms with Crippen LogP contribution < -0.4 is 108 Å². The van der Waals surface area contributed by atoms with Crippen molar-refractivity contribution >= 4 is 36.6 Å². The first-order chi connectivity index (χ1) is 22.7. The van der Waals surface area contributed by atoms with Crippen molar-refractivity contribution in [2.75, 3.05) is 34.4 Å². The van der Waals surface area contributed by atoms with Crippen LogP contribution in [0, 0.1) is 11.8 Å². The molecule has 17 nitrogen and oxygen atoms in total. The number of likely N-dealkylation sites (tertiary alicyclic amines) is 2. The molecule has 2 rings (SSSR count). The standard InChI is InChI=1S/C16H25NO6.C14H23NO5.CH2O3.CH4O.2K.H/c1-7-8-11-12(22-10(2)18)9-17(13(11)14(19)21-6)15(20)23-16(3,4)5;1-6-7-9-10(16)8-15(11(9)12(17)19-5)13(18)20-14(2,3)4;2-1-4-3;1-2;;;/h7,11-13H,1,8-9H2,2-6H3;6,9-11,16H,1,7-8H2,2-5H3;1,3H;2H,1H3;;;/q;;;;2*+1;-1/p-1/t11-,12+,13+;9-,10+,11+;;;;;/m11...../s1. The van der Waals surface area contributed by atoms with Gasteiger partial charge in [-0.2, -0.15) is 0 Å². The molecule has 284 valence electrons. The van der Waals surface area contributed by atoms with Gasteiger partial charge in [0.05, 0.1) is 33.4 Å². The van der Waals surface area contributed by atoms with Crippen LogP contribution in [0.25, 0.3) is 0 Å². The zero-order valence-electron chi connectivity index (χ0n) is 33.0. The quantitative estimate of drug-likeness (QED) is 0.0449. The maximum absolute atomic E-state index is 12.4. The molecule has 2 fully saturated rings. The van der Waals surface area contributed by atoms with Crippen molar-refractivity contribution in [1.29, 1.82) is 0 Å². The average molecular weight is 785 g/mol. The van der Waals surface area contributed by atoms with E-state index in [1.807, 2.05) is 0 Å². The average Bonchev–Trinajstić information content (AvgIpc) is 3.53. The van der Waals surface area contributed by atoms with E-state index in [9.17, 15) is 29.1 Å². The van der Waals surface area contributed by atoms with Gasteiger partial charge in [-0.15, -0.1) is 13.2 Å². The third kappa shape index (κ3) is 20.9. The van der Waals surface area contributed by atoms with Crippen molar-refractivity contribution in [3.8, 4) is 0 Å². The van der Waals surface area contributed by atoms with Crippen LogP contribution >= 0.6 is 0 Å². The molecular weight excluding hydrogens is 731 g/mol. The van der Waals surface area contributed by atoms with Gasteiger partial charge in [-0.05, 0) is 54.4 Å². The third-order valence-electron chi connectivity index (χ3n) is 6.59. The van der Waals surface area contributed by atoms with Gasteiger partial charge in [-0.3, -0.25) is 19.4 Å². The van der Waals surface area contributed by atoms with E-state index in [1.54, 1.807) is 53.7 Å². The molecule has 19 heteroatoms. The number of amides is 2. The van der Waals surface area contributed by atoms with Crippen molar-refractivity contribution in [2.45, 2.75) is 96.8 Å². The molecule has 0 saturated carbocycles. The first-order valence-corrected chi connectivity index (χ1v) is 15.1. The normalized spacial score (nSPS) is 21.7. The Balaban J connectivity index is -0.000000235. The Morgan fingerprint density at radius 2 is 1.16 bits per heavy atom. The monoisotopic (exact) mass is 784 g/mol. The van der Waals surface area contributed by atoms with Gasteiger partial charge in [0.2, 0.25) is 0 Å². The summed E-state index contributed by atoms with van der Waals surface area (Å²) in [5.41, 5.74) is -1.37. The molecule has 0 bridgehead atoms. The van der Waals surface area contributed by atoms with Crippen LogP contribution in [0.15, 0.2) is 25.3 Å². The number of aliphatic hydroxyl groups excluding tert-OH is 2. The summed E-state index contributed by atoms with van der Waals surface area (Å²) in [6.45, 7) is 18.9. The fraction of sp³-hybridized carbons (Fsp3) is 0.688. The van der Waals surface area contributed by atoms with Crippen LogP contribution in [-0.4, -0.2) is 126 Å². The van der Waals surface area contributed by atoms with E-state index >= 15 is 0 Å². The minimum absolute atomic E-state index is 0. The van der Waals surface area contributed by atoms with Crippen LogP contribution in [-0.2, 0) is 47.8 Å². The number of aliphatic hydroxyl groups is 2. The Bertz CT molecular complexity index is 1120. The van der Waals surface area contributed by atoms with Gasteiger partial charge in [0.15, 0.2) is 0 Å². The Morgan fingerprint density at radius 3 is 1.47 bits per heavy atom. The second kappa shape index (κ2) is 28.5. The van der Waals surface area contributed by atoms with E-state index in [1.165, 1.54) is 30.9 Å². The summed E-state index contributed by atoms with van der Waals surface area (Å²) in [5.74, 6) is -2.45. The molecule has 6 atom stereocenters. The molecule has 0 aromatic rings. The molecule has 0 aromatic heterocycles. The molecule has 0 aromatic carbocycles. The number of carbonyl (C=O) groups excluding carboxylic acids is 6. The number of β-amino-alcohol motifs (C(OH)–C–C–N with tert-alkyl or cyclic N) is 1. The van der Waals surface area contributed by atoms with E-state index in [0.29, 0.717) is 12.8 Å². The third-order valence-corrected chi connectivity index (χ3v) is 6.59. The summed E-state index contributed by atoms with van der Waals surface area (Å²) in [7, 11) is 3.50. The van der Waals surface area contributed by atoms with E-state index in [4.69, 9.17) is 38.8 Å². The molecule has 2 N–H and O–H groups in total. The predicted octanol–water partition coefficient (Wildman–Crippen LogP) is -4.60. The molecule has 51 heavy (non-hydrogen) atoms. The second-order valence-electron chi connectivity index (χ2n) is 12.5. The van der Waals surface area contributed by atoms with Crippen molar-refractivity contribution < 1.29 is 177 Å². The molecule has 2 heterocycles. The van der Waals surface area contributed by atoms with Crippen LogP contribution in [0.3, 0.4) is 0 Å². The summed E-state index contributed by atoms with van der Waals surface area (Å²) in [6.07, 6.45) is 1.37. The van der Waals surface area contributed by atoms with E-state index in [2.05, 4.69) is 18.0 Å². The number of methoxy groups -OCH3 is 2. The minimum Gasteiger partial charge on any atom is -1.00 e. The maximum Gasteiger partial charge on any atom is 1.00 e. The number of ether oxygens (including phenoxy) is 5. The van der Waals surface area contributed by atoms with E-state index in [0.717, 1.165) is 7.11 Å². The van der Waals surface area contributed by atoms with Crippen LogP contribution in [0.4, 0.5) is 9.59 Å². The largest absolute Gasteiger partial charge is 1.00 e. The number of hydrogen-bond acceptors (Lipinski definition) is 15. The SMILES string of the molecule is C=CC[C@@H]1[C@@H](OC(C)=O)CN(C(=O)OC(C)(C)C)[C@@H]1C(=O)OC.C=CC[C@H]1[C@@H](C(=O)OC)N(C(=O)OC(C)(C)C)C[C@@H]1O.CO.O=CO[O-].[H-].[K+].[K+]. The number of esters is 3. The van der Waals surface area contributed by atoms with E-state index < -0.39 is 77.4 Å². The van der Waals surface area contributed by atoms with Gasteiger partial charge in [0.1, 0.15) is 29.4 Å². The van der Waals surface area contributed by atoms with Gasteiger partial charge in [0, 0.05) is 25.9 Å². The number of rotatable bonds is 8. The number of nitrogens with zero attached hydrogens (tertiary/aromatic N) is 2. The molecule has 2 saturated heterocycles. The summed E-state index contributed by atoms with van der Waals surface area (Å²) in [6, 6.07) is -1.72. The number of allylic oxidation sites excluding steroid dienone is 2. The van der Waals surface area contributed by atoms with Crippen molar-refractivity contribution in [1.82, 2.24) is 9.80 Å². The van der Waals surface area contributed by atoms with Crippen LogP contribution in [0.1, 0.15) is 62.7 Å². The fourth-order valence-corrected chi connectivity index (χ4v) is 4.92. The van der Waals surface area contributed by atoms with Crippen LogP contribution in [0.2, 0.25) is 0 Å². The smallest absolute Gasteiger partial charge is 1.00 e. The first kappa shape index (κ1) is 56.8. The van der Waals surface area contributed by atoms with Gasteiger partial charge in [-0.25, -0.2) is 19.2 Å². The fourth-order valence-electron chi connectivity index (χ4n) is 4.92. The Kier molecular flexibility index (Phi) is 31.7. The molecule has 0 spiro atoms. The summed E-state index contributed by atoms with van der Waals surface area (Å²) < 4.78 is 25.4. The second-order valence-corrected chi connectivity index (χ2v) is 12.5. The van der Waals surface area contributed by atoms with Crippen molar-refractivity contribution in [3.63, 3.8) is 0 Å². The Hall–Kier alpha value is -0.947. The summed E-state index contributed by atoms with van der Waals surface area (Å²) in [4.78, 5) is 73.7. The van der Waals surface area contributed by atoms with Gasteiger partial charge in [-0.1, -0.05) is 12.2 Å². The zero-order valence-corrected chi connectivity index (χ0v) is 38.3. The van der Waals surface area contributed by atoms with Crippen LogP contribution in [0.5, 0.6) is 0 Å². The van der Waals surface area contributed by atoms with E-state index in [-0.39, 0.29) is 124 Å². The van der Waals surface area contributed by atoms with Gasteiger partial charge >= 0.3 is 133 Å².